The van der Waals surface area contributed by atoms with E-state index in [1.54, 1.807) is 12.1 Å². The minimum atomic E-state index is -1.32. The van der Waals surface area contributed by atoms with Crippen LogP contribution in [0.4, 0.5) is 0 Å². The number of carbonyl (C=O) groups excluding carboxylic acids is 1. The SMILES string of the molecule is O=C(C#CC#COc1cc(C(=O)O)cc(C(=O)O)c1)Oc1ccc(Cl)cc1. The Morgan fingerprint density at radius 3 is 2.00 bits per heavy atom. The number of aromatic carboxylic acids is 2. The van der Waals surface area contributed by atoms with Gasteiger partial charge in [0, 0.05) is 22.8 Å². The molecule has 0 saturated carbocycles. The lowest BCUT2D eigenvalue weighted by Crippen LogP contribution is -2.04. The molecule has 0 aliphatic heterocycles. The molecule has 2 aromatic carbocycles. The fraction of sp³-hybridized carbons (Fsp3) is 0. The molecule has 7 nitrogen and oxygen atoms in total. The summed E-state index contributed by atoms with van der Waals surface area (Å²) in [6, 6.07) is 9.26. The molecule has 0 heterocycles. The summed E-state index contributed by atoms with van der Waals surface area (Å²) in [5, 5.41) is 18.4. The normalized spacial score (nSPS) is 9.07. The lowest BCUT2D eigenvalue weighted by atomic mass is 10.1. The predicted molar refractivity (Wildman–Crippen MR) is 93.6 cm³/mol. The van der Waals surface area contributed by atoms with Crippen LogP contribution in [-0.2, 0) is 4.79 Å². The van der Waals surface area contributed by atoms with Crippen LogP contribution in [0, 0.1) is 23.9 Å². The van der Waals surface area contributed by atoms with Crippen LogP contribution in [0.2, 0.25) is 5.02 Å². The van der Waals surface area contributed by atoms with E-state index in [4.69, 9.17) is 31.3 Å². The first-order chi connectivity index (χ1) is 12.8. The summed E-state index contributed by atoms with van der Waals surface area (Å²) in [7, 11) is 0. The fourth-order valence-electron chi connectivity index (χ4n) is 1.73. The van der Waals surface area contributed by atoms with Crippen molar-refractivity contribution in [2.24, 2.45) is 0 Å². The monoisotopic (exact) mass is 384 g/mol. The van der Waals surface area contributed by atoms with Crippen molar-refractivity contribution in [1.29, 1.82) is 0 Å². The molecular weight excluding hydrogens is 376 g/mol. The van der Waals surface area contributed by atoms with E-state index in [0.29, 0.717) is 5.02 Å². The van der Waals surface area contributed by atoms with Crippen LogP contribution in [-0.4, -0.2) is 28.1 Å². The summed E-state index contributed by atoms with van der Waals surface area (Å²) < 4.78 is 9.85. The van der Waals surface area contributed by atoms with Crippen LogP contribution < -0.4 is 9.47 Å². The molecule has 2 rings (SSSR count). The molecule has 134 valence electrons. The zero-order chi connectivity index (χ0) is 19.8. The second-order valence-electron chi connectivity index (χ2n) is 4.78. The molecule has 0 aliphatic rings. The van der Waals surface area contributed by atoms with Crippen LogP contribution in [0.5, 0.6) is 11.5 Å². The minimum absolute atomic E-state index is 0.0923. The Labute approximate surface area is 158 Å². The fourth-order valence-corrected chi connectivity index (χ4v) is 1.86. The zero-order valence-corrected chi connectivity index (χ0v) is 14.1. The third-order valence-electron chi connectivity index (χ3n) is 2.87. The van der Waals surface area contributed by atoms with Gasteiger partial charge in [-0.1, -0.05) is 11.6 Å². The molecule has 0 radical (unpaired) electrons. The highest BCUT2D eigenvalue weighted by Crippen LogP contribution is 2.17. The molecule has 0 aliphatic carbocycles. The van der Waals surface area contributed by atoms with Crippen molar-refractivity contribution in [1.82, 2.24) is 0 Å². The summed E-state index contributed by atoms with van der Waals surface area (Å²) in [6.45, 7) is 0. The highest BCUT2D eigenvalue weighted by Gasteiger charge is 2.11. The summed E-state index contributed by atoms with van der Waals surface area (Å²) in [5.74, 6) is 3.18. The van der Waals surface area contributed by atoms with E-state index in [9.17, 15) is 14.4 Å². The number of hydrogen-bond acceptors (Lipinski definition) is 5. The first kappa shape index (κ1) is 19.4. The Kier molecular flexibility index (Phi) is 6.43. The van der Waals surface area contributed by atoms with Crippen LogP contribution in [0.1, 0.15) is 20.7 Å². The summed E-state index contributed by atoms with van der Waals surface area (Å²) >= 11 is 5.71. The standard InChI is InChI=1S/C19H9ClO7/c20-14-4-6-15(7-5-14)27-17(21)3-1-2-8-26-16-10-12(18(22)23)9-13(11-16)19(24)25/h4-7,9-11H,(H,22,23)(H,24,25). The molecule has 27 heavy (non-hydrogen) atoms. The molecule has 0 unspecified atom stereocenters. The Morgan fingerprint density at radius 2 is 1.44 bits per heavy atom. The smallest absolute Gasteiger partial charge is 0.390 e. The number of halogens is 1. The van der Waals surface area contributed by atoms with Crippen LogP contribution in [0.3, 0.4) is 0 Å². The van der Waals surface area contributed by atoms with Crippen molar-refractivity contribution in [3.05, 3.63) is 58.6 Å². The number of rotatable bonds is 4. The van der Waals surface area contributed by atoms with Gasteiger partial charge in [-0.15, -0.1) is 0 Å². The quantitative estimate of drug-likeness (QED) is 0.361. The Balaban J connectivity index is 2.02. The number of esters is 1. The maximum Gasteiger partial charge on any atom is 0.390 e. The lowest BCUT2D eigenvalue weighted by molar-refractivity contribution is -0.128. The van der Waals surface area contributed by atoms with Gasteiger partial charge < -0.3 is 19.7 Å². The molecule has 2 aromatic rings. The van der Waals surface area contributed by atoms with Gasteiger partial charge in [-0.25, -0.2) is 14.4 Å². The Bertz CT molecular complexity index is 986. The largest absolute Gasteiger partial charge is 0.478 e. The van der Waals surface area contributed by atoms with E-state index >= 15 is 0 Å². The van der Waals surface area contributed by atoms with Crippen molar-refractivity contribution in [3.8, 4) is 35.4 Å². The van der Waals surface area contributed by atoms with E-state index < -0.39 is 17.9 Å². The van der Waals surface area contributed by atoms with E-state index in [1.807, 2.05) is 0 Å². The molecule has 0 amide bonds. The maximum atomic E-state index is 11.5. The molecule has 0 bridgehead atoms. The van der Waals surface area contributed by atoms with Crippen LogP contribution in [0.15, 0.2) is 42.5 Å². The van der Waals surface area contributed by atoms with Gasteiger partial charge in [0.05, 0.1) is 11.1 Å². The highest BCUT2D eigenvalue weighted by atomic mass is 35.5. The average molecular weight is 385 g/mol. The number of ether oxygens (including phenoxy) is 2. The first-order valence-electron chi connectivity index (χ1n) is 7.12. The third-order valence-corrected chi connectivity index (χ3v) is 3.12. The third kappa shape index (κ3) is 6.13. The molecule has 0 aromatic heterocycles. The van der Waals surface area contributed by atoms with Crippen molar-refractivity contribution in [2.75, 3.05) is 0 Å². The van der Waals surface area contributed by atoms with Crippen molar-refractivity contribution in [3.63, 3.8) is 0 Å². The van der Waals surface area contributed by atoms with Gasteiger partial charge in [0.25, 0.3) is 0 Å². The number of hydrogen-bond donors (Lipinski definition) is 2. The summed E-state index contributed by atoms with van der Waals surface area (Å²) in [6.07, 6.45) is 2.13. The lowest BCUT2D eigenvalue weighted by Gasteiger charge is -2.02. The number of benzene rings is 2. The van der Waals surface area contributed by atoms with Crippen LogP contribution >= 0.6 is 11.6 Å². The topological polar surface area (TPSA) is 110 Å². The molecular formula is C19H9ClO7. The molecule has 0 saturated heterocycles. The zero-order valence-electron chi connectivity index (χ0n) is 13.4. The van der Waals surface area contributed by atoms with E-state index in [1.165, 1.54) is 12.1 Å². The van der Waals surface area contributed by atoms with Gasteiger partial charge in [-0.05, 0) is 42.5 Å². The van der Waals surface area contributed by atoms with Gasteiger partial charge in [-0.2, -0.15) is 0 Å². The maximum absolute atomic E-state index is 11.5. The van der Waals surface area contributed by atoms with Gasteiger partial charge in [0.2, 0.25) is 0 Å². The van der Waals surface area contributed by atoms with Gasteiger partial charge in [0.15, 0.2) is 0 Å². The van der Waals surface area contributed by atoms with Crippen molar-refractivity contribution in [2.45, 2.75) is 0 Å². The van der Waals surface area contributed by atoms with Crippen molar-refractivity contribution >= 4 is 29.5 Å². The molecule has 8 heteroatoms. The van der Waals surface area contributed by atoms with Crippen LogP contribution in [0.25, 0.3) is 0 Å². The minimum Gasteiger partial charge on any atom is -0.478 e. The Morgan fingerprint density at radius 1 is 0.852 bits per heavy atom. The molecule has 2 N–H and O–H groups in total. The highest BCUT2D eigenvalue weighted by molar-refractivity contribution is 6.30. The van der Waals surface area contributed by atoms with Gasteiger partial charge in [0.1, 0.15) is 17.6 Å². The van der Waals surface area contributed by atoms with Crippen molar-refractivity contribution < 1.29 is 34.1 Å². The number of carboxylic acid groups (broad SMARTS) is 2. The summed E-state index contributed by atoms with van der Waals surface area (Å²) in [4.78, 5) is 33.5. The molecule has 0 atom stereocenters. The summed E-state index contributed by atoms with van der Waals surface area (Å²) in [5.41, 5.74) is -0.548. The van der Waals surface area contributed by atoms with Gasteiger partial charge >= 0.3 is 17.9 Å². The first-order valence-corrected chi connectivity index (χ1v) is 7.50. The number of carbonyl (C=O) groups is 3. The second kappa shape index (κ2) is 8.95. The Hall–Kier alpha value is -3.94. The second-order valence-corrected chi connectivity index (χ2v) is 5.22. The number of carboxylic acids is 2. The van der Waals surface area contributed by atoms with Gasteiger partial charge in [-0.3, -0.25) is 0 Å². The van der Waals surface area contributed by atoms with E-state index in [0.717, 1.165) is 18.2 Å². The molecule has 0 spiro atoms. The van der Waals surface area contributed by atoms with E-state index in [2.05, 4.69) is 23.9 Å². The van der Waals surface area contributed by atoms with E-state index in [-0.39, 0.29) is 22.6 Å². The molecule has 0 fully saturated rings. The average Bonchev–Trinajstić information content (AvgIpc) is 2.63. The predicted octanol–water partition coefficient (Wildman–Crippen LogP) is 2.69.